The molecule has 2 fully saturated rings. The number of fused-ring (bicyclic) bond motifs is 5. The fourth-order valence-electron chi connectivity index (χ4n) is 6.68. The van der Waals surface area contributed by atoms with Gasteiger partial charge in [-0.15, -0.1) is 0 Å². The highest BCUT2D eigenvalue weighted by atomic mass is 32.2. The Balaban J connectivity index is 1.47. The number of rotatable bonds is 5. The van der Waals surface area contributed by atoms with E-state index < -0.39 is 16.1 Å². The third-order valence-electron chi connectivity index (χ3n) is 8.85. The maximum absolute atomic E-state index is 13.3. The van der Waals surface area contributed by atoms with Crippen LogP contribution in [0.1, 0.15) is 59.5 Å². The van der Waals surface area contributed by atoms with Gasteiger partial charge in [0.2, 0.25) is 0 Å². The molecule has 1 saturated carbocycles. The number of carbonyl (C=O) groups is 2. The number of morpholine rings is 1. The van der Waals surface area contributed by atoms with Crippen LogP contribution in [0.5, 0.6) is 0 Å². The van der Waals surface area contributed by atoms with E-state index in [0.717, 1.165) is 39.3 Å². The van der Waals surface area contributed by atoms with Gasteiger partial charge in [-0.1, -0.05) is 49.6 Å². The monoisotopic (exact) mass is 593 g/mol. The van der Waals surface area contributed by atoms with Crippen LogP contribution in [0, 0.1) is 0 Å². The number of benzene rings is 2. The summed E-state index contributed by atoms with van der Waals surface area (Å²) in [7, 11) is -1.18. The van der Waals surface area contributed by atoms with Crippen molar-refractivity contribution in [1.29, 1.82) is 0 Å². The zero-order valence-electron chi connectivity index (χ0n) is 24.3. The summed E-state index contributed by atoms with van der Waals surface area (Å²) in [5, 5.41) is 4.37. The van der Waals surface area contributed by atoms with Gasteiger partial charge < -0.3 is 19.5 Å². The summed E-state index contributed by atoms with van der Waals surface area (Å²) in [4.78, 5) is 28.2. The van der Waals surface area contributed by atoms with Gasteiger partial charge in [0.15, 0.2) is 0 Å². The van der Waals surface area contributed by atoms with Crippen LogP contribution < -0.4 is 10.0 Å². The molecule has 11 heteroatoms. The van der Waals surface area contributed by atoms with Crippen molar-refractivity contribution in [2.75, 3.05) is 40.4 Å². The molecule has 1 atom stereocenters. The molecule has 6 rings (SSSR count). The predicted octanol–water partition coefficient (Wildman–Crippen LogP) is 3.86. The van der Waals surface area contributed by atoms with Crippen LogP contribution in [0.4, 0.5) is 4.79 Å². The zero-order valence-corrected chi connectivity index (χ0v) is 25.1. The number of aromatic nitrogens is 1. The number of carbonyl (C=O) groups excluding carboxylic acids is 2. The molecule has 2 aliphatic heterocycles. The lowest BCUT2D eigenvalue weighted by Gasteiger charge is -2.29. The van der Waals surface area contributed by atoms with Crippen LogP contribution >= 0.6 is 0 Å². The van der Waals surface area contributed by atoms with E-state index in [-0.39, 0.29) is 17.6 Å². The molecule has 1 aliphatic carbocycles. The van der Waals surface area contributed by atoms with Gasteiger partial charge in [0.1, 0.15) is 0 Å². The van der Waals surface area contributed by atoms with Crippen molar-refractivity contribution in [3.8, 4) is 11.3 Å². The number of hydrogen-bond donors (Lipinski definition) is 2. The van der Waals surface area contributed by atoms with E-state index in [0.29, 0.717) is 45.2 Å². The van der Waals surface area contributed by atoms with Crippen LogP contribution in [0.2, 0.25) is 0 Å². The highest BCUT2D eigenvalue weighted by Gasteiger charge is 2.32. The highest BCUT2D eigenvalue weighted by molar-refractivity contribution is 7.87. The second-order valence-corrected chi connectivity index (χ2v) is 13.7. The molecule has 3 amide bonds. The molecule has 2 N–H and O–H groups in total. The minimum absolute atomic E-state index is 0.0952. The molecule has 2 aromatic carbocycles. The third kappa shape index (κ3) is 5.52. The number of ether oxygens (including phenoxy) is 1. The van der Waals surface area contributed by atoms with E-state index in [1.54, 1.807) is 17.0 Å². The smallest absolute Gasteiger partial charge is 0.317 e. The second-order valence-electron chi connectivity index (χ2n) is 11.8. The van der Waals surface area contributed by atoms with Gasteiger partial charge in [-0.25, -0.2) is 9.52 Å². The first-order valence-electron chi connectivity index (χ1n) is 14.8. The quantitative estimate of drug-likeness (QED) is 0.467. The van der Waals surface area contributed by atoms with E-state index in [1.807, 2.05) is 12.1 Å². The minimum Gasteiger partial charge on any atom is -0.378 e. The summed E-state index contributed by atoms with van der Waals surface area (Å²) in [6.07, 6.45) is 6.49. The molecule has 3 aliphatic rings. The Morgan fingerprint density at radius 1 is 1.00 bits per heavy atom. The van der Waals surface area contributed by atoms with Crippen LogP contribution in [0.3, 0.4) is 0 Å². The average molecular weight is 594 g/mol. The van der Waals surface area contributed by atoms with E-state index >= 15 is 0 Å². The third-order valence-corrected chi connectivity index (χ3v) is 10.3. The Morgan fingerprint density at radius 3 is 2.48 bits per heavy atom. The molecular weight excluding hydrogens is 554 g/mol. The molecule has 3 aromatic rings. The summed E-state index contributed by atoms with van der Waals surface area (Å²) in [6.45, 7) is 2.73. The first-order chi connectivity index (χ1) is 20.2. The van der Waals surface area contributed by atoms with Crippen molar-refractivity contribution in [3.63, 3.8) is 0 Å². The SMILES string of the molecule is CN(C)S(=O)(=O)NC(=O)c1ccc2c(C3CCCCC3)c3n(c2c1)C[C@H](NC(=O)N1CCOCC1)Cc1ccccc1-3. The largest absolute Gasteiger partial charge is 0.378 e. The number of urea groups is 1. The van der Waals surface area contributed by atoms with Crippen LogP contribution in [0.25, 0.3) is 22.2 Å². The van der Waals surface area contributed by atoms with Gasteiger partial charge in [-0.2, -0.15) is 12.7 Å². The molecule has 1 aromatic heterocycles. The maximum atomic E-state index is 13.3. The Kier molecular flexibility index (Phi) is 7.99. The molecule has 0 bridgehead atoms. The number of nitrogens with one attached hydrogen (secondary N) is 2. The summed E-state index contributed by atoms with van der Waals surface area (Å²) in [5.74, 6) is -0.287. The normalized spacial score (nSPS) is 19.7. The fraction of sp³-hybridized carbons (Fsp3) is 0.484. The van der Waals surface area contributed by atoms with Crippen molar-refractivity contribution in [2.24, 2.45) is 0 Å². The molecule has 0 radical (unpaired) electrons. The van der Waals surface area contributed by atoms with Crippen molar-refractivity contribution in [3.05, 3.63) is 59.2 Å². The van der Waals surface area contributed by atoms with E-state index in [9.17, 15) is 18.0 Å². The molecular formula is C31H39N5O5S. The van der Waals surface area contributed by atoms with Crippen molar-refractivity contribution in [2.45, 2.75) is 57.0 Å². The van der Waals surface area contributed by atoms with Crippen LogP contribution in [0.15, 0.2) is 42.5 Å². The molecule has 3 heterocycles. The summed E-state index contributed by atoms with van der Waals surface area (Å²) in [5.41, 5.74) is 5.92. The summed E-state index contributed by atoms with van der Waals surface area (Å²) in [6, 6.07) is 13.6. The summed E-state index contributed by atoms with van der Waals surface area (Å²) < 4.78 is 35.7. The molecule has 0 unspecified atom stereocenters. The first-order valence-corrected chi connectivity index (χ1v) is 16.3. The van der Waals surface area contributed by atoms with Gasteiger partial charge in [-0.05, 0) is 48.4 Å². The van der Waals surface area contributed by atoms with Gasteiger partial charge >= 0.3 is 16.2 Å². The summed E-state index contributed by atoms with van der Waals surface area (Å²) >= 11 is 0. The average Bonchev–Trinajstić information content (AvgIpc) is 3.21. The van der Waals surface area contributed by atoms with E-state index in [1.165, 1.54) is 44.5 Å². The zero-order chi connectivity index (χ0) is 29.4. The van der Waals surface area contributed by atoms with Gasteiger partial charge in [0, 0.05) is 55.8 Å². The van der Waals surface area contributed by atoms with Crippen LogP contribution in [-0.2, 0) is 27.9 Å². The number of hydrogen-bond acceptors (Lipinski definition) is 5. The minimum atomic E-state index is -3.94. The van der Waals surface area contributed by atoms with Crippen molar-refractivity contribution >= 4 is 33.1 Å². The topological polar surface area (TPSA) is 113 Å². The number of amides is 3. The molecule has 224 valence electrons. The van der Waals surface area contributed by atoms with E-state index in [2.05, 4.69) is 32.8 Å². The van der Waals surface area contributed by atoms with Crippen LogP contribution in [-0.4, -0.2) is 80.6 Å². The molecule has 42 heavy (non-hydrogen) atoms. The Morgan fingerprint density at radius 2 is 1.74 bits per heavy atom. The lowest BCUT2D eigenvalue weighted by molar-refractivity contribution is 0.0524. The van der Waals surface area contributed by atoms with Crippen molar-refractivity contribution < 1.29 is 22.7 Å². The first kappa shape index (κ1) is 28.7. The Labute approximate surface area is 247 Å². The van der Waals surface area contributed by atoms with Gasteiger partial charge in [-0.3, -0.25) is 4.79 Å². The van der Waals surface area contributed by atoms with E-state index in [4.69, 9.17) is 4.74 Å². The predicted molar refractivity (Wildman–Crippen MR) is 162 cm³/mol. The second kappa shape index (κ2) is 11.7. The Bertz CT molecular complexity index is 1600. The fourth-order valence-corrected chi connectivity index (χ4v) is 7.21. The lowest BCUT2D eigenvalue weighted by Crippen LogP contribution is -2.50. The Hall–Kier alpha value is -3.41. The standard InChI is InChI=1S/C31H39N5O5S/c1-34(2)42(39,40)33-30(37)23-12-13-26-27(19-23)36-20-24(32-31(38)35-14-16-41-17-15-35)18-22-10-6-7-11-25(22)29(36)28(26)21-8-4-3-5-9-21/h6-7,10-13,19,21,24H,3-5,8-9,14-18,20H2,1-2H3,(H,32,38)(H,33,37)/t24-/m1/s1. The number of nitrogens with zero attached hydrogens (tertiary/aromatic N) is 3. The van der Waals surface area contributed by atoms with Gasteiger partial charge in [0.05, 0.1) is 24.9 Å². The van der Waals surface area contributed by atoms with Gasteiger partial charge in [0.25, 0.3) is 5.91 Å². The molecule has 1 saturated heterocycles. The molecule has 10 nitrogen and oxygen atoms in total. The van der Waals surface area contributed by atoms with Crippen molar-refractivity contribution in [1.82, 2.24) is 23.8 Å². The highest BCUT2D eigenvalue weighted by Crippen LogP contribution is 2.46. The maximum Gasteiger partial charge on any atom is 0.317 e. The molecule has 0 spiro atoms. The lowest BCUT2D eigenvalue weighted by atomic mass is 9.81.